The number of carbonyl (C=O) groups excluding carboxylic acids is 3. The van der Waals surface area contributed by atoms with Crippen molar-refractivity contribution in [2.75, 3.05) is 44.2 Å². The minimum Gasteiger partial charge on any atom is -0.449 e. The molecule has 3 fully saturated rings. The van der Waals surface area contributed by atoms with Gasteiger partial charge in [-0.25, -0.2) is 14.6 Å². The van der Waals surface area contributed by atoms with Crippen molar-refractivity contribution < 1.29 is 28.7 Å². The van der Waals surface area contributed by atoms with Crippen LogP contribution in [0.4, 0.5) is 10.6 Å². The van der Waals surface area contributed by atoms with Crippen LogP contribution in [-0.4, -0.2) is 78.4 Å². The third-order valence-electron chi connectivity index (χ3n) is 8.00. The lowest BCUT2D eigenvalue weighted by atomic mass is 9.91. The second-order valence-electron chi connectivity index (χ2n) is 10.8. The van der Waals surface area contributed by atoms with Crippen LogP contribution >= 0.6 is 0 Å². The summed E-state index contributed by atoms with van der Waals surface area (Å²) >= 11 is 0. The maximum Gasteiger partial charge on any atom is 0.528 e. The van der Waals surface area contributed by atoms with Gasteiger partial charge in [0.05, 0.1) is 36.7 Å². The molecule has 1 amide bonds. The second kappa shape index (κ2) is 9.27. The van der Waals surface area contributed by atoms with Gasteiger partial charge in [0.15, 0.2) is 5.60 Å². The number of likely N-dealkylation sites (tertiary alicyclic amines) is 1. The van der Waals surface area contributed by atoms with Gasteiger partial charge >= 0.3 is 12.1 Å². The highest BCUT2D eigenvalue weighted by molar-refractivity contribution is 5.96. The van der Waals surface area contributed by atoms with Crippen LogP contribution in [0.5, 0.6) is 0 Å². The van der Waals surface area contributed by atoms with E-state index in [0.29, 0.717) is 51.3 Å². The van der Waals surface area contributed by atoms with Gasteiger partial charge in [0.1, 0.15) is 5.82 Å². The molecule has 2 aromatic rings. The van der Waals surface area contributed by atoms with Gasteiger partial charge < -0.3 is 24.1 Å². The fourth-order valence-electron chi connectivity index (χ4n) is 5.84. The number of pyridine rings is 1. The van der Waals surface area contributed by atoms with Crippen molar-refractivity contribution in [1.82, 2.24) is 14.9 Å². The van der Waals surface area contributed by atoms with E-state index in [1.54, 1.807) is 25.0 Å². The number of benzene rings is 1. The molecule has 1 atom stereocenters. The number of rotatable bonds is 5. The Hall–Kier alpha value is -3.66. The molecule has 1 spiro atoms. The number of piperazine rings is 1. The van der Waals surface area contributed by atoms with E-state index in [9.17, 15) is 14.4 Å². The van der Waals surface area contributed by atoms with Gasteiger partial charge in [-0.1, -0.05) is 24.3 Å². The predicted molar refractivity (Wildman–Crippen MR) is 136 cm³/mol. The highest BCUT2D eigenvalue weighted by Crippen LogP contribution is 2.52. The summed E-state index contributed by atoms with van der Waals surface area (Å²) in [5.41, 5.74) is 1.13. The summed E-state index contributed by atoms with van der Waals surface area (Å²) in [6.07, 6.45) is 3.09. The van der Waals surface area contributed by atoms with E-state index in [2.05, 4.69) is 9.88 Å². The van der Waals surface area contributed by atoms with Crippen molar-refractivity contribution in [3.63, 3.8) is 0 Å². The standard InChI is InChI=1S/C28H32N4O6/c1-19(2)36-26(35)38-32-15-13-30(14-16-32)23-8-7-20(17-29-23)27(9-10-27)25(34)31-12-11-28(18-31)22-6-4-3-5-21(22)24(33)37-28/h3-8,17,19H,9-16,18H2,1-2H3. The summed E-state index contributed by atoms with van der Waals surface area (Å²) in [5, 5.41) is 1.61. The highest BCUT2D eigenvalue weighted by atomic mass is 16.8. The summed E-state index contributed by atoms with van der Waals surface area (Å²) < 4.78 is 10.9. The first-order chi connectivity index (χ1) is 18.3. The molecular weight excluding hydrogens is 488 g/mol. The molecule has 10 heteroatoms. The summed E-state index contributed by atoms with van der Waals surface area (Å²) in [7, 11) is 0. The number of carbonyl (C=O) groups is 3. The number of esters is 1. The third kappa shape index (κ3) is 4.26. The molecule has 4 heterocycles. The zero-order valence-electron chi connectivity index (χ0n) is 21.7. The Bertz CT molecular complexity index is 1250. The molecule has 1 saturated carbocycles. The van der Waals surface area contributed by atoms with E-state index in [4.69, 9.17) is 14.3 Å². The molecule has 10 nitrogen and oxygen atoms in total. The van der Waals surface area contributed by atoms with Crippen LogP contribution in [0.25, 0.3) is 0 Å². The lowest BCUT2D eigenvalue weighted by Crippen LogP contribution is -2.47. The fraction of sp³-hybridized carbons (Fsp3) is 0.500. The number of hydroxylamine groups is 2. The van der Waals surface area contributed by atoms with Crippen LogP contribution in [0, 0.1) is 0 Å². The van der Waals surface area contributed by atoms with Crippen LogP contribution in [0.3, 0.4) is 0 Å². The molecule has 38 heavy (non-hydrogen) atoms. The van der Waals surface area contributed by atoms with Crippen LogP contribution in [0.2, 0.25) is 0 Å². The Balaban J connectivity index is 1.08. The van der Waals surface area contributed by atoms with Gasteiger partial charge in [0.2, 0.25) is 5.91 Å². The number of amides is 1. The van der Waals surface area contributed by atoms with Gasteiger partial charge in [-0.3, -0.25) is 4.79 Å². The average Bonchev–Trinajstić information content (AvgIpc) is 3.54. The molecule has 1 aliphatic carbocycles. The van der Waals surface area contributed by atoms with Crippen molar-refractivity contribution in [3.8, 4) is 0 Å². The first-order valence-electron chi connectivity index (χ1n) is 13.3. The van der Waals surface area contributed by atoms with E-state index >= 15 is 0 Å². The molecule has 0 N–H and O–H groups in total. The molecule has 1 aromatic carbocycles. The zero-order valence-corrected chi connectivity index (χ0v) is 21.7. The van der Waals surface area contributed by atoms with E-state index in [-0.39, 0.29) is 18.0 Å². The monoisotopic (exact) mass is 520 g/mol. The van der Waals surface area contributed by atoms with Gasteiger partial charge in [0.25, 0.3) is 0 Å². The van der Waals surface area contributed by atoms with Gasteiger partial charge in [-0.05, 0) is 44.4 Å². The van der Waals surface area contributed by atoms with Gasteiger partial charge in [-0.15, -0.1) is 5.06 Å². The first-order valence-corrected chi connectivity index (χ1v) is 13.3. The Labute approximate surface area is 221 Å². The number of aromatic nitrogens is 1. The molecule has 4 aliphatic rings. The van der Waals surface area contributed by atoms with Crippen LogP contribution < -0.4 is 4.90 Å². The Morgan fingerprint density at radius 1 is 1.00 bits per heavy atom. The number of hydrogen-bond donors (Lipinski definition) is 0. The lowest BCUT2D eigenvalue weighted by Gasteiger charge is -2.34. The van der Waals surface area contributed by atoms with Crippen molar-refractivity contribution >= 4 is 23.8 Å². The van der Waals surface area contributed by atoms with Gasteiger partial charge in [-0.2, -0.15) is 0 Å². The number of anilines is 1. The second-order valence-corrected chi connectivity index (χ2v) is 10.8. The molecule has 2 saturated heterocycles. The molecule has 1 unspecified atom stereocenters. The van der Waals surface area contributed by atoms with E-state index in [1.807, 2.05) is 41.4 Å². The molecule has 200 valence electrons. The molecule has 0 radical (unpaired) electrons. The quantitative estimate of drug-likeness (QED) is 0.551. The minimum atomic E-state index is -0.737. The SMILES string of the molecule is CC(C)OC(=O)ON1CCN(c2ccc(C3(C(=O)N4CCC5(C4)OC(=O)c4ccccc45)CC3)cn2)CC1. The fourth-order valence-corrected chi connectivity index (χ4v) is 5.84. The topological polar surface area (TPSA) is 102 Å². The van der Waals surface area contributed by atoms with Gasteiger partial charge in [0, 0.05) is 37.8 Å². The number of fused-ring (bicyclic) bond motifs is 2. The summed E-state index contributed by atoms with van der Waals surface area (Å²) in [5.74, 6) is 0.609. The smallest absolute Gasteiger partial charge is 0.449 e. The van der Waals surface area contributed by atoms with E-state index < -0.39 is 17.2 Å². The highest BCUT2D eigenvalue weighted by Gasteiger charge is 2.57. The maximum atomic E-state index is 13.7. The molecule has 3 aliphatic heterocycles. The number of ether oxygens (including phenoxy) is 2. The van der Waals surface area contributed by atoms with E-state index in [1.165, 1.54) is 0 Å². The largest absolute Gasteiger partial charge is 0.528 e. The van der Waals surface area contributed by atoms with Crippen LogP contribution in [-0.2, 0) is 30.1 Å². The lowest BCUT2D eigenvalue weighted by molar-refractivity contribution is -0.135. The van der Waals surface area contributed by atoms with Crippen molar-refractivity contribution in [2.45, 2.75) is 50.2 Å². The molecular formula is C28H32N4O6. The van der Waals surface area contributed by atoms with Crippen molar-refractivity contribution in [3.05, 3.63) is 59.3 Å². The minimum absolute atomic E-state index is 0.0865. The van der Waals surface area contributed by atoms with Crippen molar-refractivity contribution in [2.24, 2.45) is 0 Å². The van der Waals surface area contributed by atoms with Crippen LogP contribution in [0.1, 0.15) is 54.6 Å². The summed E-state index contributed by atoms with van der Waals surface area (Å²) in [6, 6.07) is 11.5. The van der Waals surface area contributed by atoms with Crippen molar-refractivity contribution in [1.29, 1.82) is 0 Å². The summed E-state index contributed by atoms with van der Waals surface area (Å²) in [4.78, 5) is 51.8. The third-order valence-corrected chi connectivity index (χ3v) is 8.00. The summed E-state index contributed by atoms with van der Waals surface area (Å²) in [6.45, 7) is 6.90. The molecule has 1 aromatic heterocycles. The zero-order chi connectivity index (χ0) is 26.5. The Morgan fingerprint density at radius 2 is 1.76 bits per heavy atom. The predicted octanol–water partition coefficient (Wildman–Crippen LogP) is 3.01. The maximum absolute atomic E-state index is 13.7. The number of nitrogens with zero attached hydrogens (tertiary/aromatic N) is 4. The van der Waals surface area contributed by atoms with Crippen LogP contribution in [0.15, 0.2) is 42.6 Å². The average molecular weight is 521 g/mol. The van der Waals surface area contributed by atoms with E-state index in [0.717, 1.165) is 29.8 Å². The Morgan fingerprint density at radius 3 is 2.45 bits per heavy atom. The Kier molecular flexibility index (Phi) is 6.02. The molecule has 0 bridgehead atoms. The number of hydrogen-bond acceptors (Lipinski definition) is 9. The first kappa shape index (κ1) is 24.7. The molecule has 6 rings (SSSR count). The normalized spacial score (nSPS) is 23.9.